The number of allylic oxidation sites excluding steroid dienone is 1. The lowest BCUT2D eigenvalue weighted by Gasteiger charge is -2.02. The molecule has 94 valence electrons. The molecular formula is C15H9BrFNO. The van der Waals surface area contributed by atoms with E-state index in [1.54, 1.807) is 36.4 Å². The topological polar surface area (TPSA) is 44.0 Å². The maximum Gasteiger partial charge on any atom is 0.131 e. The smallest absolute Gasteiger partial charge is 0.131 e. The molecular weight excluding hydrogens is 309 g/mol. The molecule has 2 aromatic carbocycles. The molecule has 2 rings (SSSR count). The van der Waals surface area contributed by atoms with Crippen LogP contribution in [0.25, 0.3) is 11.6 Å². The third kappa shape index (κ3) is 3.01. The maximum absolute atomic E-state index is 13.6. The quantitative estimate of drug-likeness (QED) is 0.660. The molecule has 19 heavy (non-hydrogen) atoms. The maximum atomic E-state index is 13.6. The number of rotatable bonds is 2. The summed E-state index contributed by atoms with van der Waals surface area (Å²) >= 11 is 3.19. The normalized spacial score (nSPS) is 11.1. The van der Waals surface area contributed by atoms with Gasteiger partial charge in [0.25, 0.3) is 0 Å². The fourth-order valence-corrected chi connectivity index (χ4v) is 2.03. The molecule has 4 heteroatoms. The number of benzene rings is 2. The highest BCUT2D eigenvalue weighted by Gasteiger charge is 2.07. The molecule has 0 atom stereocenters. The zero-order valence-corrected chi connectivity index (χ0v) is 11.4. The molecule has 0 aliphatic heterocycles. The number of phenols is 1. The van der Waals surface area contributed by atoms with Crippen LogP contribution in [-0.2, 0) is 0 Å². The molecule has 0 amide bonds. The molecule has 0 heterocycles. The van der Waals surface area contributed by atoms with Gasteiger partial charge in [-0.05, 0) is 45.8 Å². The molecule has 0 fully saturated rings. The van der Waals surface area contributed by atoms with Gasteiger partial charge in [-0.2, -0.15) is 5.26 Å². The minimum absolute atomic E-state index is 0.113. The van der Waals surface area contributed by atoms with Crippen molar-refractivity contribution in [3.05, 3.63) is 63.9 Å². The predicted octanol–water partition coefficient (Wildman–Crippen LogP) is 4.36. The van der Waals surface area contributed by atoms with Crippen LogP contribution in [0.5, 0.6) is 5.75 Å². The monoisotopic (exact) mass is 317 g/mol. The Bertz CT molecular complexity index is 689. The van der Waals surface area contributed by atoms with E-state index in [9.17, 15) is 9.50 Å². The van der Waals surface area contributed by atoms with Gasteiger partial charge in [-0.1, -0.05) is 24.3 Å². The van der Waals surface area contributed by atoms with E-state index in [1.807, 2.05) is 6.07 Å². The molecule has 0 spiro atoms. The third-order valence-electron chi connectivity index (χ3n) is 2.57. The van der Waals surface area contributed by atoms with Crippen LogP contribution in [0, 0.1) is 17.1 Å². The van der Waals surface area contributed by atoms with Crippen LogP contribution in [0.3, 0.4) is 0 Å². The molecule has 0 unspecified atom stereocenters. The van der Waals surface area contributed by atoms with Gasteiger partial charge in [-0.25, -0.2) is 4.39 Å². The van der Waals surface area contributed by atoms with Crippen molar-refractivity contribution in [2.75, 3.05) is 0 Å². The van der Waals surface area contributed by atoms with Crippen LogP contribution in [0.4, 0.5) is 4.39 Å². The third-order valence-corrected chi connectivity index (χ3v) is 3.20. The Morgan fingerprint density at radius 2 is 2.00 bits per heavy atom. The zero-order valence-electron chi connectivity index (χ0n) is 9.77. The number of hydrogen-bond acceptors (Lipinski definition) is 2. The minimum Gasteiger partial charge on any atom is -0.507 e. The van der Waals surface area contributed by atoms with Gasteiger partial charge in [0.15, 0.2) is 0 Å². The molecule has 0 aliphatic carbocycles. The number of phenolic OH excluding ortho intramolecular Hbond substituents is 1. The fraction of sp³-hybridized carbons (Fsp3) is 0. The summed E-state index contributed by atoms with van der Waals surface area (Å²) in [4.78, 5) is 0. The molecule has 0 saturated carbocycles. The van der Waals surface area contributed by atoms with Gasteiger partial charge in [-0.3, -0.25) is 0 Å². The van der Waals surface area contributed by atoms with E-state index >= 15 is 0 Å². The van der Waals surface area contributed by atoms with E-state index in [-0.39, 0.29) is 16.9 Å². The molecule has 0 aliphatic rings. The van der Waals surface area contributed by atoms with E-state index in [2.05, 4.69) is 15.9 Å². The Labute approximate surface area is 118 Å². The Morgan fingerprint density at radius 1 is 1.26 bits per heavy atom. The summed E-state index contributed by atoms with van der Waals surface area (Å²) in [6.07, 6.45) is 1.57. The van der Waals surface area contributed by atoms with Crippen molar-refractivity contribution in [3.8, 4) is 11.8 Å². The van der Waals surface area contributed by atoms with Crippen molar-refractivity contribution in [3.63, 3.8) is 0 Å². The summed E-state index contributed by atoms with van der Waals surface area (Å²) in [5, 5.41) is 18.5. The Balaban J connectivity index is 2.48. The molecule has 0 radical (unpaired) electrons. The first-order valence-electron chi connectivity index (χ1n) is 5.47. The number of halogens is 2. The molecule has 0 saturated heterocycles. The largest absolute Gasteiger partial charge is 0.507 e. The summed E-state index contributed by atoms with van der Waals surface area (Å²) in [5.41, 5.74) is 1.19. The number of nitriles is 1. The van der Waals surface area contributed by atoms with Gasteiger partial charge in [0.2, 0.25) is 0 Å². The van der Waals surface area contributed by atoms with E-state index in [1.165, 1.54) is 12.1 Å². The lowest BCUT2D eigenvalue weighted by atomic mass is 10.0. The first kappa shape index (κ1) is 13.3. The van der Waals surface area contributed by atoms with Crippen molar-refractivity contribution in [2.45, 2.75) is 0 Å². The van der Waals surface area contributed by atoms with E-state index in [0.29, 0.717) is 10.0 Å². The fourth-order valence-electron chi connectivity index (χ4n) is 1.63. The second-order valence-corrected chi connectivity index (χ2v) is 4.71. The van der Waals surface area contributed by atoms with Crippen LogP contribution < -0.4 is 0 Å². The summed E-state index contributed by atoms with van der Waals surface area (Å²) in [6.45, 7) is 0. The number of aromatic hydroxyl groups is 1. The van der Waals surface area contributed by atoms with Crippen molar-refractivity contribution in [2.24, 2.45) is 0 Å². The first-order valence-corrected chi connectivity index (χ1v) is 6.26. The van der Waals surface area contributed by atoms with E-state index in [0.717, 1.165) is 0 Å². The molecule has 1 N–H and O–H groups in total. The molecule has 0 bridgehead atoms. The van der Waals surface area contributed by atoms with Crippen molar-refractivity contribution in [1.29, 1.82) is 5.26 Å². The van der Waals surface area contributed by atoms with Gasteiger partial charge in [-0.15, -0.1) is 0 Å². The van der Waals surface area contributed by atoms with Gasteiger partial charge < -0.3 is 5.11 Å². The zero-order chi connectivity index (χ0) is 13.8. The highest BCUT2D eigenvalue weighted by atomic mass is 79.9. The summed E-state index contributed by atoms with van der Waals surface area (Å²) in [6, 6.07) is 12.9. The Morgan fingerprint density at radius 3 is 2.63 bits per heavy atom. The number of hydrogen-bond donors (Lipinski definition) is 1. The van der Waals surface area contributed by atoms with Gasteiger partial charge in [0, 0.05) is 5.56 Å². The van der Waals surface area contributed by atoms with Crippen LogP contribution in [0.1, 0.15) is 11.1 Å². The lowest BCUT2D eigenvalue weighted by Crippen LogP contribution is -1.87. The van der Waals surface area contributed by atoms with Crippen molar-refractivity contribution in [1.82, 2.24) is 0 Å². The van der Waals surface area contributed by atoms with E-state index in [4.69, 9.17) is 5.26 Å². The van der Waals surface area contributed by atoms with E-state index < -0.39 is 5.82 Å². The van der Waals surface area contributed by atoms with Gasteiger partial charge in [0.05, 0.1) is 16.1 Å². The first-order chi connectivity index (χ1) is 9.11. The second kappa shape index (κ2) is 5.68. The Kier molecular flexibility index (Phi) is 3.98. The number of nitrogens with zero attached hydrogens (tertiary/aromatic N) is 1. The SMILES string of the molecule is N#CC(=Cc1ccc(O)c(Br)c1)c1ccccc1F. The van der Waals surface area contributed by atoms with Gasteiger partial charge in [0.1, 0.15) is 11.6 Å². The predicted molar refractivity (Wildman–Crippen MR) is 75.7 cm³/mol. The van der Waals surface area contributed by atoms with Crippen LogP contribution >= 0.6 is 15.9 Å². The van der Waals surface area contributed by atoms with Crippen molar-refractivity contribution >= 4 is 27.6 Å². The highest BCUT2D eigenvalue weighted by Crippen LogP contribution is 2.27. The average molecular weight is 318 g/mol. The minimum atomic E-state index is -0.437. The van der Waals surface area contributed by atoms with Crippen LogP contribution in [0.2, 0.25) is 0 Å². The molecule has 2 nitrogen and oxygen atoms in total. The van der Waals surface area contributed by atoms with Crippen LogP contribution in [0.15, 0.2) is 46.9 Å². The summed E-state index contributed by atoms with van der Waals surface area (Å²) in [7, 11) is 0. The van der Waals surface area contributed by atoms with Crippen LogP contribution in [-0.4, -0.2) is 5.11 Å². The van der Waals surface area contributed by atoms with Crippen molar-refractivity contribution < 1.29 is 9.50 Å². The lowest BCUT2D eigenvalue weighted by molar-refractivity contribution is 0.472. The second-order valence-electron chi connectivity index (χ2n) is 3.86. The average Bonchev–Trinajstić information content (AvgIpc) is 2.41. The Hall–Kier alpha value is -2.12. The highest BCUT2D eigenvalue weighted by molar-refractivity contribution is 9.10. The van der Waals surface area contributed by atoms with Gasteiger partial charge >= 0.3 is 0 Å². The summed E-state index contributed by atoms with van der Waals surface area (Å²) < 4.78 is 14.2. The standard InChI is InChI=1S/C15H9BrFNO/c16-13-8-10(5-6-15(13)19)7-11(9-18)12-3-1-2-4-14(12)17/h1-8,19H. The summed E-state index contributed by atoms with van der Waals surface area (Å²) in [5.74, 6) is -0.324. The molecule has 0 aromatic heterocycles. The molecule has 2 aromatic rings.